The summed E-state index contributed by atoms with van der Waals surface area (Å²) in [7, 11) is 0. The molecule has 2 fully saturated rings. The number of rotatable bonds is 2. The van der Waals surface area contributed by atoms with E-state index in [1.165, 1.54) is 19.4 Å². The number of piperidine rings is 1. The number of hydrogen-bond acceptors (Lipinski definition) is 4. The molecule has 110 valence electrons. The summed E-state index contributed by atoms with van der Waals surface area (Å²) in [6, 6.07) is 0.821. The average Bonchev–Trinajstić information content (AvgIpc) is 2.82. The van der Waals surface area contributed by atoms with Gasteiger partial charge in [0, 0.05) is 17.6 Å². The maximum absolute atomic E-state index is 13.7. The molecule has 0 radical (unpaired) electrons. The van der Waals surface area contributed by atoms with Gasteiger partial charge >= 0.3 is 0 Å². The second-order valence-corrected chi connectivity index (χ2v) is 6.76. The smallest absolute Gasteiger partial charge is 0.224 e. The summed E-state index contributed by atoms with van der Waals surface area (Å²) in [4.78, 5) is 10.2. The van der Waals surface area contributed by atoms with Crippen LogP contribution in [0.25, 0.3) is 0 Å². The van der Waals surface area contributed by atoms with Crippen LogP contribution in [-0.4, -0.2) is 39.0 Å². The van der Waals surface area contributed by atoms with Crippen molar-refractivity contribution in [2.45, 2.75) is 57.2 Å². The fourth-order valence-corrected chi connectivity index (χ4v) is 3.89. The lowest BCUT2D eigenvalue weighted by atomic mass is 9.84. The Morgan fingerprint density at radius 1 is 1.50 bits per heavy atom. The first-order chi connectivity index (χ1) is 9.45. The second kappa shape index (κ2) is 5.11. The van der Waals surface area contributed by atoms with Gasteiger partial charge in [-0.25, -0.2) is 9.37 Å². The Labute approximate surface area is 123 Å². The molecule has 6 heteroatoms. The molecule has 0 aliphatic carbocycles. The molecule has 3 heterocycles. The predicted molar refractivity (Wildman–Crippen MR) is 77.5 cm³/mol. The highest BCUT2D eigenvalue weighted by molar-refractivity contribution is 6.28. The van der Waals surface area contributed by atoms with Crippen LogP contribution in [0.4, 0.5) is 10.2 Å². The molecule has 2 saturated heterocycles. The van der Waals surface area contributed by atoms with Crippen LogP contribution in [0.15, 0.2) is 6.20 Å². The molecule has 0 spiro atoms. The molecular weight excluding hydrogens is 279 g/mol. The topological polar surface area (TPSA) is 41.1 Å². The molecule has 2 atom stereocenters. The summed E-state index contributed by atoms with van der Waals surface area (Å²) >= 11 is 5.74. The molecule has 0 aromatic carbocycles. The number of fused-ring (bicyclic) bond motifs is 1. The third kappa shape index (κ3) is 2.61. The SMILES string of the molecule is CC1(C)C[C@@H](Nc2nc(Cl)ncc2F)CC2CCCN21. The molecule has 1 N–H and O–H groups in total. The van der Waals surface area contributed by atoms with Crippen molar-refractivity contribution >= 4 is 17.4 Å². The fraction of sp³-hybridized carbons (Fsp3) is 0.714. The van der Waals surface area contributed by atoms with Crippen LogP contribution < -0.4 is 5.32 Å². The number of aromatic nitrogens is 2. The summed E-state index contributed by atoms with van der Waals surface area (Å²) in [6.07, 6.45) is 5.62. The first-order valence-electron chi connectivity index (χ1n) is 7.17. The monoisotopic (exact) mass is 298 g/mol. The van der Waals surface area contributed by atoms with Crippen molar-refractivity contribution < 1.29 is 4.39 Å². The highest BCUT2D eigenvalue weighted by Gasteiger charge is 2.42. The van der Waals surface area contributed by atoms with Crippen LogP contribution >= 0.6 is 11.6 Å². The van der Waals surface area contributed by atoms with Gasteiger partial charge in [0.25, 0.3) is 0 Å². The van der Waals surface area contributed by atoms with E-state index in [2.05, 4.69) is 34.0 Å². The van der Waals surface area contributed by atoms with Crippen LogP contribution in [-0.2, 0) is 0 Å². The molecule has 2 aliphatic rings. The fourth-order valence-electron chi connectivity index (χ4n) is 3.76. The predicted octanol–water partition coefficient (Wildman–Crippen LogP) is 3.09. The average molecular weight is 299 g/mol. The van der Waals surface area contributed by atoms with E-state index in [0.29, 0.717) is 6.04 Å². The van der Waals surface area contributed by atoms with Gasteiger partial charge in [-0.15, -0.1) is 0 Å². The van der Waals surface area contributed by atoms with Crippen LogP contribution in [0.3, 0.4) is 0 Å². The third-order valence-corrected chi connectivity index (χ3v) is 4.69. The second-order valence-electron chi connectivity index (χ2n) is 6.42. The van der Waals surface area contributed by atoms with Crippen molar-refractivity contribution in [3.05, 3.63) is 17.3 Å². The van der Waals surface area contributed by atoms with Gasteiger partial charge in [-0.1, -0.05) is 0 Å². The van der Waals surface area contributed by atoms with E-state index in [1.807, 2.05) is 0 Å². The molecule has 1 aromatic heterocycles. The first-order valence-corrected chi connectivity index (χ1v) is 7.55. The maximum atomic E-state index is 13.7. The summed E-state index contributed by atoms with van der Waals surface area (Å²) < 4.78 is 13.7. The van der Waals surface area contributed by atoms with E-state index in [4.69, 9.17) is 11.6 Å². The van der Waals surface area contributed by atoms with Crippen molar-refractivity contribution in [1.82, 2.24) is 14.9 Å². The Morgan fingerprint density at radius 3 is 3.10 bits per heavy atom. The molecule has 20 heavy (non-hydrogen) atoms. The molecule has 2 aliphatic heterocycles. The van der Waals surface area contributed by atoms with Crippen LogP contribution in [0.5, 0.6) is 0 Å². The Hall–Kier alpha value is -0.940. The highest BCUT2D eigenvalue weighted by Crippen LogP contribution is 2.38. The molecule has 3 rings (SSSR count). The molecule has 0 amide bonds. The first kappa shape index (κ1) is 14.0. The van der Waals surface area contributed by atoms with Gasteiger partial charge in [0.2, 0.25) is 5.28 Å². The van der Waals surface area contributed by atoms with Crippen LogP contribution in [0.2, 0.25) is 5.28 Å². The normalized spacial score (nSPS) is 29.2. The Balaban J connectivity index is 1.76. The molecule has 1 unspecified atom stereocenters. The third-order valence-electron chi connectivity index (χ3n) is 4.51. The zero-order chi connectivity index (χ0) is 14.3. The zero-order valence-corrected chi connectivity index (χ0v) is 12.6. The van der Waals surface area contributed by atoms with Gasteiger partial charge < -0.3 is 5.32 Å². The largest absolute Gasteiger partial charge is 0.365 e. The zero-order valence-electron chi connectivity index (χ0n) is 11.9. The van der Waals surface area contributed by atoms with E-state index < -0.39 is 5.82 Å². The van der Waals surface area contributed by atoms with Gasteiger partial charge in [0.15, 0.2) is 11.6 Å². The minimum absolute atomic E-state index is 0.0754. The Kier molecular flexibility index (Phi) is 3.58. The van der Waals surface area contributed by atoms with Crippen molar-refractivity contribution in [1.29, 1.82) is 0 Å². The summed E-state index contributed by atoms with van der Waals surface area (Å²) in [5.41, 5.74) is 0.143. The minimum Gasteiger partial charge on any atom is -0.365 e. The number of hydrogen-bond donors (Lipinski definition) is 1. The van der Waals surface area contributed by atoms with Crippen LogP contribution in [0, 0.1) is 5.82 Å². The van der Waals surface area contributed by atoms with E-state index in [9.17, 15) is 4.39 Å². The number of anilines is 1. The highest BCUT2D eigenvalue weighted by atomic mass is 35.5. The van der Waals surface area contributed by atoms with E-state index in [0.717, 1.165) is 19.0 Å². The maximum Gasteiger partial charge on any atom is 0.224 e. The number of halogens is 2. The summed E-state index contributed by atoms with van der Waals surface area (Å²) in [5.74, 6) is -0.224. The Bertz CT molecular complexity index is 508. The van der Waals surface area contributed by atoms with E-state index in [-0.39, 0.29) is 22.7 Å². The Morgan fingerprint density at radius 2 is 2.30 bits per heavy atom. The van der Waals surface area contributed by atoms with E-state index >= 15 is 0 Å². The quantitative estimate of drug-likeness (QED) is 0.852. The molecule has 1 aromatic rings. The van der Waals surface area contributed by atoms with E-state index in [1.54, 1.807) is 0 Å². The summed E-state index contributed by atoms with van der Waals surface area (Å²) in [6.45, 7) is 5.71. The van der Waals surface area contributed by atoms with Gasteiger partial charge in [0.1, 0.15) is 0 Å². The lowest BCUT2D eigenvalue weighted by molar-refractivity contribution is 0.0500. The lowest BCUT2D eigenvalue weighted by Crippen LogP contribution is -2.55. The van der Waals surface area contributed by atoms with Crippen molar-refractivity contribution in [2.24, 2.45) is 0 Å². The standard InChI is InChI=1S/C14H20ClFN4/c1-14(2)7-9(6-10-4-3-5-20(10)14)18-12-11(16)8-17-13(15)19-12/h8-10H,3-7H2,1-2H3,(H,17,18,19)/t9-,10?/m0/s1. The van der Waals surface area contributed by atoms with Crippen LogP contribution in [0.1, 0.15) is 39.5 Å². The molecule has 4 nitrogen and oxygen atoms in total. The number of nitrogens with one attached hydrogen (secondary N) is 1. The van der Waals surface area contributed by atoms with Crippen molar-refractivity contribution in [2.75, 3.05) is 11.9 Å². The molecule has 0 saturated carbocycles. The number of nitrogens with zero attached hydrogens (tertiary/aromatic N) is 3. The van der Waals surface area contributed by atoms with Crippen molar-refractivity contribution in [3.63, 3.8) is 0 Å². The molecular formula is C14H20ClFN4. The van der Waals surface area contributed by atoms with Gasteiger partial charge in [0.05, 0.1) is 6.20 Å². The van der Waals surface area contributed by atoms with Gasteiger partial charge in [-0.2, -0.15) is 4.98 Å². The molecule has 0 bridgehead atoms. The van der Waals surface area contributed by atoms with Crippen molar-refractivity contribution in [3.8, 4) is 0 Å². The van der Waals surface area contributed by atoms with Gasteiger partial charge in [-0.05, 0) is 57.7 Å². The lowest BCUT2D eigenvalue weighted by Gasteiger charge is -2.47. The summed E-state index contributed by atoms with van der Waals surface area (Å²) in [5, 5.41) is 3.30. The van der Waals surface area contributed by atoms with Gasteiger partial charge in [-0.3, -0.25) is 4.90 Å². The minimum atomic E-state index is -0.443.